The number of carbonyl (C=O) groups is 1. The van der Waals surface area contributed by atoms with Crippen molar-refractivity contribution in [2.24, 2.45) is 5.92 Å². The average molecular weight is 558 g/mol. The molecule has 3 aromatic carbocycles. The first-order chi connectivity index (χ1) is 18.4. The lowest BCUT2D eigenvalue weighted by Gasteiger charge is -2.47. The van der Waals surface area contributed by atoms with Gasteiger partial charge in [0.1, 0.15) is 11.6 Å². The van der Waals surface area contributed by atoms with Crippen LogP contribution in [0, 0.1) is 17.6 Å². The van der Waals surface area contributed by atoms with Crippen molar-refractivity contribution in [1.82, 2.24) is 10.2 Å². The van der Waals surface area contributed by atoms with Crippen LogP contribution >= 0.6 is 23.2 Å². The maximum absolute atomic E-state index is 14.3. The van der Waals surface area contributed by atoms with Gasteiger partial charge in [0.2, 0.25) is 5.91 Å². The minimum absolute atomic E-state index is 0.0596. The summed E-state index contributed by atoms with van der Waals surface area (Å²) in [5.41, 5.74) is 2.55. The lowest BCUT2D eigenvalue weighted by Crippen LogP contribution is -2.54. The fourth-order valence-electron chi connectivity index (χ4n) is 5.98. The zero-order valence-electron chi connectivity index (χ0n) is 21.2. The molecule has 3 nitrogen and oxygen atoms in total. The van der Waals surface area contributed by atoms with Crippen LogP contribution in [-0.2, 0) is 4.79 Å². The quantitative estimate of drug-likeness (QED) is 0.300. The predicted molar refractivity (Wildman–Crippen MR) is 149 cm³/mol. The Balaban J connectivity index is 1.40. The van der Waals surface area contributed by atoms with E-state index in [1.165, 1.54) is 25.0 Å². The highest BCUT2D eigenvalue weighted by Crippen LogP contribution is 2.41. The van der Waals surface area contributed by atoms with Gasteiger partial charge in [-0.25, -0.2) is 8.78 Å². The van der Waals surface area contributed by atoms with E-state index in [-0.39, 0.29) is 23.9 Å². The summed E-state index contributed by atoms with van der Waals surface area (Å²) in [4.78, 5) is 16.0. The lowest BCUT2D eigenvalue weighted by molar-refractivity contribution is -0.126. The summed E-state index contributed by atoms with van der Waals surface area (Å²) in [5.74, 6) is -2.17. The molecule has 0 bridgehead atoms. The third-order valence-corrected chi connectivity index (χ3v) is 8.38. The minimum Gasteiger partial charge on any atom is -0.353 e. The van der Waals surface area contributed by atoms with Crippen molar-refractivity contribution < 1.29 is 13.6 Å². The molecule has 0 spiro atoms. The largest absolute Gasteiger partial charge is 0.353 e. The van der Waals surface area contributed by atoms with Crippen molar-refractivity contribution in [1.29, 1.82) is 0 Å². The highest BCUT2D eigenvalue weighted by molar-refractivity contribution is 6.30. The first-order valence-electron chi connectivity index (χ1n) is 13.4. The fraction of sp³-hybridized carbons (Fsp3) is 0.387. The Hall–Kier alpha value is -2.47. The molecule has 1 amide bonds. The number of carbonyl (C=O) groups excluding carboxylic acids is 1. The number of nitrogens with zero attached hydrogens (tertiary/aromatic N) is 1. The van der Waals surface area contributed by atoms with Crippen molar-refractivity contribution in [3.05, 3.63) is 105 Å². The number of likely N-dealkylation sites (tertiary alicyclic amines) is 1. The first kappa shape index (κ1) is 27.1. The lowest BCUT2D eigenvalue weighted by atomic mass is 9.78. The van der Waals surface area contributed by atoms with E-state index >= 15 is 0 Å². The van der Waals surface area contributed by atoms with E-state index in [1.54, 1.807) is 0 Å². The van der Waals surface area contributed by atoms with Gasteiger partial charge in [-0.05, 0) is 65.9 Å². The van der Waals surface area contributed by atoms with Gasteiger partial charge >= 0.3 is 0 Å². The summed E-state index contributed by atoms with van der Waals surface area (Å²) >= 11 is 12.3. The maximum Gasteiger partial charge on any atom is 0.228 e. The van der Waals surface area contributed by atoms with E-state index in [9.17, 15) is 13.6 Å². The highest BCUT2D eigenvalue weighted by Gasteiger charge is 2.42. The number of hydrogen-bond donors (Lipinski definition) is 1. The molecule has 1 aliphatic carbocycles. The Morgan fingerprint density at radius 3 is 1.76 bits per heavy atom. The summed E-state index contributed by atoms with van der Waals surface area (Å²) < 4.78 is 28.5. The molecule has 1 heterocycles. The Bertz CT molecular complexity index is 1170. The van der Waals surface area contributed by atoms with Gasteiger partial charge in [0, 0.05) is 41.2 Å². The minimum atomic E-state index is -0.663. The van der Waals surface area contributed by atoms with E-state index in [2.05, 4.69) is 10.2 Å². The standard InChI is InChI=1S/C31H32Cl2F2N2O/c32-24-11-7-20(8-12-24)30(21-9-13-25(33)14-10-21)37-18-23(19-37)29(22-15-26(34)17-27(35)16-22)31(38)36-28-5-3-1-2-4-6-28/h7-17,23,28-30H,1-6,18-19H2,(H,36,38). The van der Waals surface area contributed by atoms with Crippen LogP contribution in [0.4, 0.5) is 8.78 Å². The van der Waals surface area contributed by atoms with Crippen molar-refractivity contribution >= 4 is 29.1 Å². The van der Waals surface area contributed by atoms with Crippen LogP contribution in [0.2, 0.25) is 10.0 Å². The average Bonchev–Trinajstić information content (AvgIpc) is 3.12. The number of benzene rings is 3. The molecular formula is C31H32Cl2F2N2O. The summed E-state index contributed by atoms with van der Waals surface area (Å²) in [6.45, 7) is 1.22. The van der Waals surface area contributed by atoms with Crippen LogP contribution in [-0.4, -0.2) is 29.9 Å². The molecule has 1 unspecified atom stereocenters. The second kappa shape index (κ2) is 12.1. The zero-order chi connectivity index (χ0) is 26.6. The smallest absolute Gasteiger partial charge is 0.228 e. The second-order valence-corrected chi connectivity index (χ2v) is 11.5. The third-order valence-electron chi connectivity index (χ3n) is 7.87. The topological polar surface area (TPSA) is 32.3 Å². The molecule has 2 aliphatic rings. The van der Waals surface area contributed by atoms with Crippen LogP contribution in [0.3, 0.4) is 0 Å². The summed E-state index contributed by atoms with van der Waals surface area (Å²) in [7, 11) is 0. The van der Waals surface area contributed by atoms with Gasteiger partial charge in [0.15, 0.2) is 0 Å². The molecule has 1 saturated heterocycles. The number of amides is 1. The van der Waals surface area contributed by atoms with Crippen LogP contribution < -0.4 is 5.32 Å². The Morgan fingerprint density at radius 2 is 1.26 bits per heavy atom. The zero-order valence-corrected chi connectivity index (χ0v) is 22.7. The summed E-state index contributed by atoms with van der Waals surface area (Å²) in [5, 5.41) is 4.55. The van der Waals surface area contributed by atoms with Gasteiger partial charge in [-0.15, -0.1) is 0 Å². The molecule has 5 rings (SSSR count). The van der Waals surface area contributed by atoms with E-state index < -0.39 is 17.6 Å². The van der Waals surface area contributed by atoms with Crippen LogP contribution in [0.5, 0.6) is 0 Å². The molecule has 1 atom stereocenters. The molecular weight excluding hydrogens is 525 g/mol. The highest BCUT2D eigenvalue weighted by atomic mass is 35.5. The monoisotopic (exact) mass is 556 g/mol. The number of rotatable bonds is 7. The van der Waals surface area contributed by atoms with Gasteiger partial charge in [0.25, 0.3) is 0 Å². The van der Waals surface area contributed by atoms with Crippen LogP contribution in [0.1, 0.15) is 67.2 Å². The van der Waals surface area contributed by atoms with Gasteiger partial charge < -0.3 is 5.32 Å². The molecule has 0 radical (unpaired) electrons. The molecule has 2 fully saturated rings. The first-order valence-corrected chi connectivity index (χ1v) is 14.1. The summed E-state index contributed by atoms with van der Waals surface area (Å²) in [6.07, 6.45) is 6.43. The summed E-state index contributed by atoms with van der Waals surface area (Å²) in [6, 6.07) is 19.0. The van der Waals surface area contributed by atoms with Gasteiger partial charge in [-0.3, -0.25) is 9.69 Å². The molecule has 1 saturated carbocycles. The molecule has 7 heteroatoms. The normalized spacial score (nSPS) is 18.1. The van der Waals surface area contributed by atoms with Crippen LogP contribution in [0.15, 0.2) is 66.7 Å². The Labute approximate surface area is 233 Å². The van der Waals surface area contributed by atoms with Gasteiger partial charge in [-0.2, -0.15) is 0 Å². The molecule has 1 aliphatic heterocycles. The second-order valence-electron chi connectivity index (χ2n) is 10.6. The molecule has 3 aromatic rings. The maximum atomic E-state index is 14.3. The van der Waals surface area contributed by atoms with Crippen LogP contribution in [0.25, 0.3) is 0 Å². The van der Waals surface area contributed by atoms with Gasteiger partial charge in [-0.1, -0.05) is 73.2 Å². The number of hydrogen-bond acceptors (Lipinski definition) is 2. The van der Waals surface area contributed by atoms with Crippen molar-refractivity contribution in [3.63, 3.8) is 0 Å². The predicted octanol–water partition coefficient (Wildman–Crippen LogP) is 7.92. The van der Waals surface area contributed by atoms with E-state index in [0.717, 1.165) is 42.9 Å². The third kappa shape index (κ3) is 6.39. The van der Waals surface area contributed by atoms with E-state index in [1.807, 2.05) is 48.5 Å². The number of nitrogens with one attached hydrogen (secondary N) is 1. The fourth-order valence-corrected chi connectivity index (χ4v) is 6.23. The Kier molecular flexibility index (Phi) is 8.67. The molecule has 38 heavy (non-hydrogen) atoms. The van der Waals surface area contributed by atoms with Crippen molar-refractivity contribution in [2.45, 2.75) is 56.5 Å². The molecule has 1 N–H and O–H groups in total. The van der Waals surface area contributed by atoms with E-state index in [4.69, 9.17) is 23.2 Å². The Morgan fingerprint density at radius 1 is 0.763 bits per heavy atom. The molecule has 0 aromatic heterocycles. The van der Waals surface area contributed by atoms with E-state index in [0.29, 0.717) is 28.7 Å². The number of halogens is 4. The van der Waals surface area contributed by atoms with Gasteiger partial charge in [0.05, 0.1) is 12.0 Å². The molecule has 200 valence electrons. The van der Waals surface area contributed by atoms with Crippen molar-refractivity contribution in [3.8, 4) is 0 Å². The SMILES string of the molecule is O=C(NC1CCCCCC1)C(c1cc(F)cc(F)c1)C1CN(C(c2ccc(Cl)cc2)c2ccc(Cl)cc2)C1. The van der Waals surface area contributed by atoms with Crippen molar-refractivity contribution in [2.75, 3.05) is 13.1 Å².